The molecule has 3 rings (SSSR count). The van der Waals surface area contributed by atoms with Gasteiger partial charge in [0.1, 0.15) is 4.21 Å². The Morgan fingerprint density at radius 3 is 2.81 bits per heavy atom. The molecule has 2 aromatic heterocycles. The lowest BCUT2D eigenvalue weighted by Crippen LogP contribution is -2.22. The van der Waals surface area contributed by atoms with Crippen molar-refractivity contribution in [2.24, 2.45) is 0 Å². The first-order valence-electron chi connectivity index (χ1n) is 6.18. The number of thiophene rings is 2. The predicted octanol–water partition coefficient (Wildman–Crippen LogP) is 4.40. The molecule has 0 bridgehead atoms. The van der Waals surface area contributed by atoms with Crippen LogP contribution >= 0.6 is 34.3 Å². The Hall–Kier alpha value is -0.920. The molecule has 7 heteroatoms. The van der Waals surface area contributed by atoms with E-state index in [1.54, 1.807) is 12.1 Å². The van der Waals surface area contributed by atoms with Gasteiger partial charge in [-0.15, -0.1) is 22.7 Å². The number of fused-ring (bicyclic) bond motifs is 1. The van der Waals surface area contributed by atoms with E-state index in [0.29, 0.717) is 15.8 Å². The summed E-state index contributed by atoms with van der Waals surface area (Å²) < 4.78 is 28.9. The summed E-state index contributed by atoms with van der Waals surface area (Å²) in [5.41, 5.74) is 0.746. The highest BCUT2D eigenvalue weighted by molar-refractivity contribution is 7.91. The fourth-order valence-corrected chi connectivity index (χ4v) is 5.78. The number of sulfonamides is 1. The van der Waals surface area contributed by atoms with Gasteiger partial charge in [-0.3, -0.25) is 0 Å². The van der Waals surface area contributed by atoms with Crippen LogP contribution < -0.4 is 4.72 Å². The normalized spacial score (nSPS) is 12.1. The lowest BCUT2D eigenvalue weighted by atomic mass is 10.2. The third-order valence-electron chi connectivity index (χ3n) is 3.12. The van der Waals surface area contributed by atoms with Crippen LogP contribution in [0.3, 0.4) is 0 Å². The molecule has 110 valence electrons. The highest BCUT2D eigenvalue weighted by Crippen LogP contribution is 2.35. The van der Waals surface area contributed by atoms with Crippen LogP contribution in [0.2, 0.25) is 5.02 Å². The van der Waals surface area contributed by atoms with Gasteiger partial charge in [0.15, 0.2) is 0 Å². The smallest absolute Gasteiger partial charge is 0.206 e. The fraction of sp³-hybridized carbons (Fsp3) is 0.143. The Labute approximate surface area is 136 Å². The maximum absolute atomic E-state index is 12.5. The molecule has 0 aliphatic rings. The van der Waals surface area contributed by atoms with Gasteiger partial charge >= 0.3 is 0 Å². The van der Waals surface area contributed by atoms with Crippen LogP contribution in [0, 0.1) is 6.92 Å². The fourth-order valence-electron chi connectivity index (χ4n) is 2.07. The van der Waals surface area contributed by atoms with Gasteiger partial charge in [0, 0.05) is 21.1 Å². The number of hydrogen-bond acceptors (Lipinski definition) is 4. The van der Waals surface area contributed by atoms with Crippen molar-refractivity contribution in [1.82, 2.24) is 4.72 Å². The topological polar surface area (TPSA) is 46.2 Å². The van der Waals surface area contributed by atoms with E-state index >= 15 is 0 Å². The molecular formula is C14H12ClNO2S3. The number of nitrogens with one attached hydrogen (secondary N) is 1. The molecule has 0 radical (unpaired) electrons. The second-order valence-electron chi connectivity index (χ2n) is 4.56. The van der Waals surface area contributed by atoms with Gasteiger partial charge in [0.25, 0.3) is 10.0 Å². The standard InChI is InChI=1S/C14H12ClNO2S3/c1-9-12-7-10(15)4-5-13(12)20-14(9)21(17,18)16-8-11-3-2-6-19-11/h2-7,16H,8H2,1H3. The number of halogens is 1. The molecule has 1 N–H and O–H groups in total. The first-order chi connectivity index (χ1) is 9.97. The maximum atomic E-state index is 12.5. The molecule has 0 saturated carbocycles. The molecule has 0 fully saturated rings. The monoisotopic (exact) mass is 357 g/mol. The van der Waals surface area contributed by atoms with Crippen molar-refractivity contribution in [1.29, 1.82) is 0 Å². The van der Waals surface area contributed by atoms with E-state index in [2.05, 4.69) is 4.72 Å². The molecule has 21 heavy (non-hydrogen) atoms. The van der Waals surface area contributed by atoms with Gasteiger partial charge in [-0.25, -0.2) is 13.1 Å². The van der Waals surface area contributed by atoms with Crippen molar-refractivity contribution in [3.63, 3.8) is 0 Å². The summed E-state index contributed by atoms with van der Waals surface area (Å²) in [4.78, 5) is 0.986. The molecule has 0 atom stereocenters. The summed E-state index contributed by atoms with van der Waals surface area (Å²) in [6, 6.07) is 9.25. The molecule has 0 saturated heterocycles. The van der Waals surface area contributed by atoms with Crippen LogP contribution in [0.15, 0.2) is 39.9 Å². The van der Waals surface area contributed by atoms with E-state index in [1.807, 2.05) is 30.5 Å². The number of benzene rings is 1. The van der Waals surface area contributed by atoms with Crippen molar-refractivity contribution >= 4 is 54.4 Å². The van der Waals surface area contributed by atoms with Gasteiger partial charge in [0.2, 0.25) is 0 Å². The zero-order valence-corrected chi connectivity index (χ0v) is 14.3. The van der Waals surface area contributed by atoms with Crippen LogP contribution in [-0.2, 0) is 16.6 Å². The summed E-state index contributed by atoms with van der Waals surface area (Å²) in [5, 5.41) is 3.43. The van der Waals surface area contributed by atoms with Gasteiger partial charge in [-0.2, -0.15) is 0 Å². The quantitative estimate of drug-likeness (QED) is 0.752. The third-order valence-corrected chi connectivity index (χ3v) is 7.52. The Kier molecular flexibility index (Phi) is 4.07. The van der Waals surface area contributed by atoms with E-state index in [-0.39, 0.29) is 0 Å². The van der Waals surface area contributed by atoms with Crippen LogP contribution in [-0.4, -0.2) is 8.42 Å². The molecule has 0 aliphatic carbocycles. The van der Waals surface area contributed by atoms with Crippen molar-refractivity contribution in [3.05, 3.63) is 51.2 Å². The highest BCUT2D eigenvalue weighted by atomic mass is 35.5. The molecule has 3 aromatic rings. The van der Waals surface area contributed by atoms with E-state index in [4.69, 9.17) is 11.6 Å². The van der Waals surface area contributed by atoms with Crippen LogP contribution in [0.5, 0.6) is 0 Å². The van der Waals surface area contributed by atoms with E-state index in [0.717, 1.165) is 20.5 Å². The summed E-state index contributed by atoms with van der Waals surface area (Å²) in [6.45, 7) is 2.13. The third kappa shape index (κ3) is 3.00. The minimum atomic E-state index is -3.51. The zero-order chi connectivity index (χ0) is 15.0. The minimum Gasteiger partial charge on any atom is -0.206 e. The van der Waals surface area contributed by atoms with Crippen LogP contribution in [0.4, 0.5) is 0 Å². The first-order valence-corrected chi connectivity index (χ1v) is 9.74. The molecule has 0 spiro atoms. The van der Waals surface area contributed by atoms with Crippen molar-refractivity contribution in [3.8, 4) is 0 Å². The van der Waals surface area contributed by atoms with Gasteiger partial charge in [-0.1, -0.05) is 17.7 Å². The predicted molar refractivity (Wildman–Crippen MR) is 89.9 cm³/mol. The van der Waals surface area contributed by atoms with E-state index in [1.165, 1.54) is 22.7 Å². The van der Waals surface area contributed by atoms with Crippen LogP contribution in [0.25, 0.3) is 10.1 Å². The highest BCUT2D eigenvalue weighted by Gasteiger charge is 2.21. The Bertz CT molecular complexity index is 882. The van der Waals surface area contributed by atoms with Crippen molar-refractivity contribution < 1.29 is 8.42 Å². The van der Waals surface area contributed by atoms with Crippen molar-refractivity contribution in [2.45, 2.75) is 17.7 Å². The second-order valence-corrected chi connectivity index (χ2v) is 9.04. The summed E-state index contributed by atoms with van der Waals surface area (Å²) in [7, 11) is -3.51. The second kappa shape index (κ2) is 5.70. The lowest BCUT2D eigenvalue weighted by molar-refractivity contribution is 0.583. The molecule has 0 unspecified atom stereocenters. The number of aryl methyl sites for hydroxylation is 1. The number of hydrogen-bond donors (Lipinski definition) is 1. The molecule has 0 aliphatic heterocycles. The van der Waals surface area contributed by atoms with Gasteiger partial charge < -0.3 is 0 Å². The molecule has 1 aromatic carbocycles. The molecule has 2 heterocycles. The van der Waals surface area contributed by atoms with Gasteiger partial charge in [-0.05, 0) is 47.5 Å². The molecular weight excluding hydrogens is 346 g/mol. The Balaban J connectivity index is 1.96. The lowest BCUT2D eigenvalue weighted by Gasteiger charge is -2.04. The average molecular weight is 358 g/mol. The Morgan fingerprint density at radius 1 is 1.29 bits per heavy atom. The Morgan fingerprint density at radius 2 is 2.10 bits per heavy atom. The zero-order valence-electron chi connectivity index (χ0n) is 11.1. The molecule has 0 amide bonds. The summed E-state index contributed by atoms with van der Waals surface area (Å²) in [6.07, 6.45) is 0. The SMILES string of the molecule is Cc1c(S(=O)(=O)NCc2cccs2)sc2ccc(Cl)cc12. The van der Waals surface area contributed by atoms with Crippen molar-refractivity contribution in [2.75, 3.05) is 0 Å². The maximum Gasteiger partial charge on any atom is 0.250 e. The largest absolute Gasteiger partial charge is 0.250 e. The minimum absolute atomic E-state index is 0.314. The van der Waals surface area contributed by atoms with Crippen LogP contribution in [0.1, 0.15) is 10.4 Å². The van der Waals surface area contributed by atoms with E-state index in [9.17, 15) is 8.42 Å². The van der Waals surface area contributed by atoms with E-state index < -0.39 is 10.0 Å². The average Bonchev–Trinajstić information content (AvgIpc) is 3.06. The summed E-state index contributed by atoms with van der Waals surface area (Å²) >= 11 is 8.78. The summed E-state index contributed by atoms with van der Waals surface area (Å²) in [5.74, 6) is 0. The van der Waals surface area contributed by atoms with Gasteiger partial charge in [0.05, 0.1) is 0 Å². The first kappa shape index (κ1) is 15.0. The number of rotatable bonds is 4. The molecule has 3 nitrogen and oxygen atoms in total.